The Morgan fingerprint density at radius 2 is 1.73 bits per heavy atom. The predicted molar refractivity (Wildman–Crippen MR) is 100 cm³/mol. The van der Waals surface area contributed by atoms with Crippen LogP contribution >= 0.6 is 0 Å². The molecule has 0 aliphatic carbocycles. The van der Waals surface area contributed by atoms with Crippen LogP contribution < -0.4 is 4.46 Å². The summed E-state index contributed by atoms with van der Waals surface area (Å²) in [6.07, 6.45) is 0. The van der Waals surface area contributed by atoms with E-state index in [1.54, 1.807) is 12.1 Å². The maximum atomic E-state index is 13.5. The van der Waals surface area contributed by atoms with Gasteiger partial charge >= 0.3 is 158 Å². The quantitative estimate of drug-likeness (QED) is 0.479. The molecule has 0 radical (unpaired) electrons. The van der Waals surface area contributed by atoms with E-state index in [0.29, 0.717) is 10.9 Å². The summed E-state index contributed by atoms with van der Waals surface area (Å²) in [6.45, 7) is 2.00. The van der Waals surface area contributed by atoms with E-state index in [9.17, 15) is 9.18 Å². The third kappa shape index (κ3) is 2.96. The van der Waals surface area contributed by atoms with E-state index in [1.807, 2.05) is 43.3 Å². The maximum absolute atomic E-state index is 13.5. The van der Waals surface area contributed by atoms with Gasteiger partial charge in [-0.15, -0.1) is 0 Å². The Hall–Kier alpha value is -2.42. The summed E-state index contributed by atoms with van der Waals surface area (Å²) in [5, 5.41) is 0.665. The Kier molecular flexibility index (Phi) is 4.39. The first kappa shape index (κ1) is 17.0. The number of carbonyl (C=O) groups is 1. The van der Waals surface area contributed by atoms with Crippen molar-refractivity contribution in [2.45, 2.75) is 17.8 Å². The van der Waals surface area contributed by atoms with E-state index in [0.717, 1.165) is 16.7 Å². The molecule has 0 amide bonds. The summed E-state index contributed by atoms with van der Waals surface area (Å²) >= 11 is 0.0985. The van der Waals surface area contributed by atoms with Gasteiger partial charge in [-0.2, -0.15) is 0 Å². The average Bonchev–Trinajstić information content (AvgIpc) is 2.94. The summed E-state index contributed by atoms with van der Waals surface area (Å²) in [5.74, 6) is -0.612. The molecule has 4 heteroatoms. The van der Waals surface area contributed by atoms with Crippen molar-refractivity contribution < 1.29 is 13.9 Å². The van der Waals surface area contributed by atoms with Gasteiger partial charge in [0, 0.05) is 0 Å². The van der Waals surface area contributed by atoms with Gasteiger partial charge in [0.15, 0.2) is 0 Å². The third-order valence-electron chi connectivity index (χ3n) is 4.59. The van der Waals surface area contributed by atoms with E-state index in [-0.39, 0.29) is 26.7 Å². The molecule has 1 heterocycles. The summed E-state index contributed by atoms with van der Waals surface area (Å²) in [6, 6.07) is 22.3. The minimum atomic E-state index is -0.859. The van der Waals surface area contributed by atoms with Crippen LogP contribution in [0.4, 0.5) is 4.39 Å². The van der Waals surface area contributed by atoms with Gasteiger partial charge in [0.1, 0.15) is 0 Å². The molecule has 1 aliphatic heterocycles. The number of hydrogen-bond donors (Lipinski definition) is 0. The van der Waals surface area contributed by atoms with Crippen molar-refractivity contribution in [2.75, 3.05) is 0 Å². The van der Waals surface area contributed by atoms with E-state index in [4.69, 9.17) is 4.74 Å². The standard InChI is InChI=1S/C22H17FO2Se/c1-15-7-12-19-20(13-15)22(25-21(19)24,16-8-10-17(23)11-9-16)14-26-18-5-3-2-4-6-18/h2-13H,14H2,1H3. The van der Waals surface area contributed by atoms with Gasteiger partial charge in [-0.3, -0.25) is 0 Å². The second-order valence-electron chi connectivity index (χ2n) is 6.37. The molecular weight excluding hydrogens is 394 g/mol. The Labute approximate surface area is 158 Å². The van der Waals surface area contributed by atoms with Crippen molar-refractivity contribution in [3.8, 4) is 0 Å². The fraction of sp³-hybridized carbons (Fsp3) is 0.136. The molecule has 2 nitrogen and oxygen atoms in total. The van der Waals surface area contributed by atoms with E-state index >= 15 is 0 Å². The van der Waals surface area contributed by atoms with Crippen molar-refractivity contribution in [1.82, 2.24) is 0 Å². The van der Waals surface area contributed by atoms with Crippen molar-refractivity contribution in [1.29, 1.82) is 0 Å². The number of benzene rings is 3. The van der Waals surface area contributed by atoms with Gasteiger partial charge in [0.05, 0.1) is 0 Å². The van der Waals surface area contributed by atoms with Crippen molar-refractivity contribution in [3.05, 3.63) is 101 Å². The van der Waals surface area contributed by atoms with Gasteiger partial charge < -0.3 is 0 Å². The van der Waals surface area contributed by atoms with Gasteiger partial charge in [0.2, 0.25) is 0 Å². The molecule has 1 atom stereocenters. The van der Waals surface area contributed by atoms with Crippen LogP contribution in [-0.4, -0.2) is 20.9 Å². The van der Waals surface area contributed by atoms with Gasteiger partial charge in [-0.25, -0.2) is 0 Å². The number of rotatable bonds is 4. The summed E-state index contributed by atoms with van der Waals surface area (Å²) in [4.78, 5) is 12.6. The number of aryl methyl sites for hydroxylation is 1. The zero-order valence-electron chi connectivity index (χ0n) is 14.2. The fourth-order valence-corrected chi connectivity index (χ4v) is 5.57. The number of ether oxygens (including phenoxy) is 1. The molecule has 3 aromatic carbocycles. The number of hydrogen-bond acceptors (Lipinski definition) is 2. The monoisotopic (exact) mass is 412 g/mol. The van der Waals surface area contributed by atoms with E-state index in [2.05, 4.69) is 12.1 Å². The second-order valence-corrected chi connectivity index (χ2v) is 8.57. The van der Waals surface area contributed by atoms with Crippen LogP contribution in [0.1, 0.15) is 27.0 Å². The zero-order valence-corrected chi connectivity index (χ0v) is 16.0. The van der Waals surface area contributed by atoms with Crippen LogP contribution in [0, 0.1) is 12.7 Å². The number of halogens is 1. The number of cyclic esters (lactones) is 1. The molecule has 0 fully saturated rings. The molecule has 0 saturated heterocycles. The molecule has 0 spiro atoms. The van der Waals surface area contributed by atoms with Crippen LogP contribution in [0.15, 0.2) is 72.8 Å². The zero-order chi connectivity index (χ0) is 18.1. The first-order chi connectivity index (χ1) is 12.6. The van der Waals surface area contributed by atoms with Gasteiger partial charge in [0.25, 0.3) is 0 Å². The molecule has 3 aromatic rings. The summed E-state index contributed by atoms with van der Waals surface area (Å²) in [5.41, 5.74) is 2.51. The van der Waals surface area contributed by atoms with Crippen LogP contribution in [0.25, 0.3) is 0 Å². The topological polar surface area (TPSA) is 26.3 Å². The number of carbonyl (C=O) groups excluding carboxylic acids is 1. The van der Waals surface area contributed by atoms with Crippen LogP contribution in [0.3, 0.4) is 0 Å². The third-order valence-corrected chi connectivity index (χ3v) is 7.02. The Bertz CT molecular complexity index is 954. The van der Waals surface area contributed by atoms with Gasteiger partial charge in [-0.1, -0.05) is 0 Å². The minimum absolute atomic E-state index is 0.0985. The normalized spacial score (nSPS) is 18.5. The van der Waals surface area contributed by atoms with E-state index < -0.39 is 5.60 Å². The van der Waals surface area contributed by atoms with Crippen molar-refractivity contribution >= 4 is 25.4 Å². The second kappa shape index (κ2) is 6.71. The summed E-state index contributed by atoms with van der Waals surface area (Å²) in [7, 11) is 0. The van der Waals surface area contributed by atoms with Crippen molar-refractivity contribution in [3.63, 3.8) is 0 Å². The Balaban J connectivity index is 1.82. The van der Waals surface area contributed by atoms with Crippen LogP contribution in [0.5, 0.6) is 0 Å². The van der Waals surface area contributed by atoms with Crippen LogP contribution in [-0.2, 0) is 10.3 Å². The molecule has 26 heavy (non-hydrogen) atoms. The fourth-order valence-electron chi connectivity index (χ4n) is 3.26. The Morgan fingerprint density at radius 3 is 2.46 bits per heavy atom. The SMILES string of the molecule is Cc1ccc2c(c1)C(C[Se]c1ccccc1)(c1ccc(F)cc1)OC2=O. The Morgan fingerprint density at radius 1 is 1.00 bits per heavy atom. The first-order valence-corrected chi connectivity index (χ1v) is 10.4. The number of fused-ring (bicyclic) bond motifs is 1. The molecule has 0 bridgehead atoms. The molecule has 1 unspecified atom stereocenters. The van der Waals surface area contributed by atoms with Crippen molar-refractivity contribution in [2.24, 2.45) is 0 Å². The number of esters is 1. The molecule has 1 aliphatic rings. The molecule has 0 N–H and O–H groups in total. The molecule has 130 valence electrons. The molecule has 0 saturated carbocycles. The molecule has 4 rings (SSSR count). The average molecular weight is 411 g/mol. The molecular formula is C22H17FO2Se. The van der Waals surface area contributed by atoms with Crippen LogP contribution in [0.2, 0.25) is 5.32 Å². The molecule has 0 aromatic heterocycles. The van der Waals surface area contributed by atoms with E-state index in [1.165, 1.54) is 16.6 Å². The van der Waals surface area contributed by atoms with Gasteiger partial charge in [-0.05, 0) is 0 Å². The summed E-state index contributed by atoms with van der Waals surface area (Å²) < 4.78 is 20.7. The predicted octanol–water partition coefficient (Wildman–Crippen LogP) is 4.00. The first-order valence-electron chi connectivity index (χ1n) is 8.37.